The number of nitrogens with zero attached hydrogens (tertiary/aromatic N) is 1. The van der Waals surface area contributed by atoms with Gasteiger partial charge in [0.25, 0.3) is 5.91 Å². The highest BCUT2D eigenvalue weighted by atomic mass is 32.2. The number of allylic oxidation sites excluding steroid dienone is 3. The fourth-order valence-electron chi connectivity index (χ4n) is 3.18. The Labute approximate surface area is 176 Å². The molecule has 0 spiro atoms. The quantitative estimate of drug-likeness (QED) is 0.594. The van der Waals surface area contributed by atoms with Crippen LogP contribution in [0.1, 0.15) is 23.0 Å². The summed E-state index contributed by atoms with van der Waals surface area (Å²) in [6, 6.07) is 2.96. The summed E-state index contributed by atoms with van der Waals surface area (Å²) in [7, 11) is 0.627. The Morgan fingerprint density at radius 2 is 2.13 bits per heavy atom. The number of rotatable bonds is 5. The van der Waals surface area contributed by atoms with Gasteiger partial charge in [-0.15, -0.1) is 0 Å². The van der Waals surface area contributed by atoms with E-state index in [0.29, 0.717) is 16.2 Å². The third-order valence-electron chi connectivity index (χ3n) is 4.53. The first-order valence-corrected chi connectivity index (χ1v) is 10.4. The second-order valence-electron chi connectivity index (χ2n) is 6.61. The van der Waals surface area contributed by atoms with Gasteiger partial charge < -0.3 is 9.88 Å². The minimum absolute atomic E-state index is 0.150. The predicted molar refractivity (Wildman–Crippen MR) is 117 cm³/mol. The van der Waals surface area contributed by atoms with E-state index in [4.69, 9.17) is 4.78 Å². The summed E-state index contributed by atoms with van der Waals surface area (Å²) in [6.45, 7) is 5.65. The first kappa shape index (κ1) is 21.6. The average molecular weight is 429 g/mol. The lowest BCUT2D eigenvalue weighted by molar-refractivity contribution is 0.101. The number of carbonyl (C=O) groups excluding carboxylic acids is 1. The normalized spacial score (nSPS) is 18.9. The van der Waals surface area contributed by atoms with Crippen LogP contribution in [-0.2, 0) is 17.9 Å². The molecule has 0 saturated carbocycles. The van der Waals surface area contributed by atoms with E-state index >= 15 is 0 Å². The third-order valence-corrected chi connectivity index (χ3v) is 5.78. The molecule has 0 fully saturated rings. The van der Waals surface area contributed by atoms with Crippen LogP contribution < -0.4 is 10.0 Å². The van der Waals surface area contributed by atoms with Gasteiger partial charge in [-0.1, -0.05) is 43.0 Å². The highest BCUT2D eigenvalue weighted by molar-refractivity contribution is 7.84. The number of aryl methyl sites for hydroxylation is 1. The molecule has 30 heavy (non-hydrogen) atoms. The SMILES string of the molecule is C=C/C=C(\C=C/C)C1C=Cc2c(cn(C)c2C(=O)Nc2ccc(F)c(F)c2)S(=N)N1. The minimum atomic E-state index is -1.08. The molecule has 3 rings (SSSR count). The zero-order chi connectivity index (χ0) is 21.8. The van der Waals surface area contributed by atoms with E-state index in [-0.39, 0.29) is 11.7 Å². The van der Waals surface area contributed by atoms with E-state index in [9.17, 15) is 13.6 Å². The smallest absolute Gasteiger partial charge is 0.272 e. The molecule has 0 saturated heterocycles. The number of carbonyl (C=O) groups is 1. The lowest BCUT2D eigenvalue weighted by Gasteiger charge is -2.15. The molecule has 2 unspecified atom stereocenters. The van der Waals surface area contributed by atoms with Gasteiger partial charge in [0.15, 0.2) is 11.6 Å². The fourth-order valence-corrected chi connectivity index (χ4v) is 4.42. The van der Waals surface area contributed by atoms with Gasteiger partial charge in [-0.05, 0) is 35.5 Å². The maximum atomic E-state index is 13.5. The molecule has 1 aromatic carbocycles. The van der Waals surface area contributed by atoms with Gasteiger partial charge in [0.05, 0.1) is 10.9 Å². The number of hydrogen-bond donors (Lipinski definition) is 3. The molecule has 8 heteroatoms. The van der Waals surface area contributed by atoms with Crippen LogP contribution in [0.25, 0.3) is 6.08 Å². The van der Waals surface area contributed by atoms with Crippen LogP contribution in [0.3, 0.4) is 0 Å². The Balaban J connectivity index is 1.97. The van der Waals surface area contributed by atoms with Gasteiger partial charge >= 0.3 is 0 Å². The number of halogens is 2. The van der Waals surface area contributed by atoms with Crippen molar-refractivity contribution in [1.29, 1.82) is 4.78 Å². The second-order valence-corrected chi connectivity index (χ2v) is 7.90. The van der Waals surface area contributed by atoms with Crippen LogP contribution >= 0.6 is 0 Å². The number of fused-ring (bicyclic) bond motifs is 1. The van der Waals surface area contributed by atoms with Crippen molar-refractivity contribution in [3.8, 4) is 0 Å². The molecule has 5 nitrogen and oxygen atoms in total. The van der Waals surface area contributed by atoms with E-state index in [2.05, 4.69) is 16.6 Å². The van der Waals surface area contributed by atoms with E-state index in [0.717, 1.165) is 17.7 Å². The summed E-state index contributed by atoms with van der Waals surface area (Å²) in [4.78, 5) is 13.6. The summed E-state index contributed by atoms with van der Waals surface area (Å²) in [6.07, 6.45) is 12.8. The van der Waals surface area contributed by atoms with E-state index < -0.39 is 28.4 Å². The van der Waals surface area contributed by atoms with Crippen molar-refractivity contribution in [3.63, 3.8) is 0 Å². The van der Waals surface area contributed by atoms with Crippen molar-refractivity contribution < 1.29 is 13.6 Å². The molecule has 0 aliphatic carbocycles. The molecule has 2 heterocycles. The Morgan fingerprint density at radius 3 is 2.80 bits per heavy atom. The zero-order valence-corrected chi connectivity index (χ0v) is 17.4. The van der Waals surface area contributed by atoms with Crippen LogP contribution in [0.4, 0.5) is 14.5 Å². The van der Waals surface area contributed by atoms with Crippen LogP contribution in [0.2, 0.25) is 0 Å². The Kier molecular flexibility index (Phi) is 6.59. The maximum absolute atomic E-state index is 13.5. The molecular weight excluding hydrogens is 406 g/mol. The number of anilines is 1. The maximum Gasteiger partial charge on any atom is 0.272 e. The molecule has 156 valence electrons. The van der Waals surface area contributed by atoms with E-state index in [1.54, 1.807) is 23.9 Å². The standard InChI is InChI=1S/C22H22F2N4OS/c1-4-6-14(7-5-2)19-11-9-16-20(30(25)27-19)13-28(3)21(16)22(29)26-15-8-10-17(23)18(24)12-15/h4-13,19H,1H2,2-3H3,(H2,25,27)(H,26,29)/b7-5-,14-6+. The largest absolute Gasteiger partial charge is 0.345 e. The molecule has 1 amide bonds. The summed E-state index contributed by atoms with van der Waals surface area (Å²) < 4.78 is 40.1. The van der Waals surface area contributed by atoms with Crippen LogP contribution in [0.15, 0.2) is 71.8 Å². The number of benzene rings is 1. The highest BCUT2D eigenvalue weighted by Gasteiger charge is 2.25. The zero-order valence-electron chi connectivity index (χ0n) is 16.6. The molecule has 1 aliphatic rings. The molecule has 3 N–H and O–H groups in total. The summed E-state index contributed by atoms with van der Waals surface area (Å²) in [5.41, 5.74) is 2.04. The van der Waals surface area contributed by atoms with Gasteiger partial charge in [0.1, 0.15) is 5.69 Å². The van der Waals surface area contributed by atoms with Crippen LogP contribution in [0, 0.1) is 16.4 Å². The molecule has 1 aromatic heterocycles. The minimum Gasteiger partial charge on any atom is -0.345 e. The monoisotopic (exact) mass is 428 g/mol. The topological polar surface area (TPSA) is 69.9 Å². The van der Waals surface area contributed by atoms with E-state index in [1.807, 2.05) is 37.3 Å². The van der Waals surface area contributed by atoms with Crippen LogP contribution in [-0.4, -0.2) is 16.5 Å². The fraction of sp³-hybridized carbons (Fsp3) is 0.136. The van der Waals surface area contributed by atoms with Crippen LogP contribution in [0.5, 0.6) is 0 Å². The third kappa shape index (κ3) is 4.39. The number of hydrogen-bond acceptors (Lipinski definition) is 2. The Morgan fingerprint density at radius 1 is 1.37 bits per heavy atom. The number of nitrogens with one attached hydrogen (secondary N) is 3. The van der Waals surface area contributed by atoms with Crippen molar-refractivity contribution in [2.45, 2.75) is 17.9 Å². The Hall–Kier alpha value is -3.10. The second kappa shape index (κ2) is 9.15. The van der Waals surface area contributed by atoms with Crippen molar-refractivity contribution >= 4 is 28.5 Å². The summed E-state index contributed by atoms with van der Waals surface area (Å²) >= 11 is 0. The van der Waals surface area contributed by atoms with Crippen molar-refractivity contribution in [3.05, 3.63) is 89.8 Å². The average Bonchev–Trinajstić information content (AvgIpc) is 2.95. The predicted octanol–water partition coefficient (Wildman–Crippen LogP) is 4.88. The molecule has 0 bridgehead atoms. The molecule has 0 radical (unpaired) electrons. The molecule has 1 aliphatic heterocycles. The van der Waals surface area contributed by atoms with Gasteiger partial charge in [0.2, 0.25) is 0 Å². The van der Waals surface area contributed by atoms with Gasteiger partial charge in [-0.2, -0.15) is 0 Å². The molecule has 2 aromatic rings. The van der Waals surface area contributed by atoms with Gasteiger partial charge in [0, 0.05) is 30.6 Å². The number of aromatic nitrogens is 1. The first-order chi connectivity index (χ1) is 14.3. The van der Waals surface area contributed by atoms with Crippen molar-refractivity contribution in [2.24, 2.45) is 7.05 Å². The summed E-state index contributed by atoms with van der Waals surface area (Å²) in [5, 5.41) is 2.60. The van der Waals surface area contributed by atoms with E-state index in [1.165, 1.54) is 6.07 Å². The Bertz CT molecular complexity index is 1110. The van der Waals surface area contributed by atoms with Gasteiger partial charge in [-0.25, -0.2) is 13.5 Å². The number of amides is 1. The summed E-state index contributed by atoms with van der Waals surface area (Å²) in [5.74, 6) is -2.49. The van der Waals surface area contributed by atoms with Crippen molar-refractivity contribution in [2.75, 3.05) is 5.32 Å². The lowest BCUT2D eigenvalue weighted by atomic mass is 10.0. The first-order valence-electron chi connectivity index (χ1n) is 9.16. The van der Waals surface area contributed by atoms with Crippen molar-refractivity contribution in [1.82, 2.24) is 9.29 Å². The molecule has 2 atom stereocenters. The highest BCUT2D eigenvalue weighted by Crippen LogP contribution is 2.27. The van der Waals surface area contributed by atoms with Gasteiger partial charge in [-0.3, -0.25) is 9.57 Å². The lowest BCUT2D eigenvalue weighted by Crippen LogP contribution is -2.28. The molecular formula is C22H22F2N4OS.